The van der Waals surface area contributed by atoms with Crippen LogP contribution in [0, 0.1) is 0 Å². The molecule has 0 spiro atoms. The third kappa shape index (κ3) is 5.07. The van der Waals surface area contributed by atoms with Crippen molar-refractivity contribution in [2.45, 2.75) is 13.3 Å². The Hall–Kier alpha value is -0.790. The van der Waals surface area contributed by atoms with Gasteiger partial charge >= 0.3 is 0 Å². The zero-order valence-corrected chi connectivity index (χ0v) is 6.39. The van der Waals surface area contributed by atoms with E-state index in [1.54, 1.807) is 0 Å². The molecule has 0 aromatic rings. The maximum absolute atomic E-state index is 2.93. The first-order valence-corrected chi connectivity index (χ1v) is 3.20. The fraction of sp³-hybridized carbons (Fsp3) is 0.571. The summed E-state index contributed by atoms with van der Waals surface area (Å²) in [6.07, 6.45) is 7.11. The average molecular weight is 127 g/mol. The van der Waals surface area contributed by atoms with E-state index in [1.165, 1.54) is 0 Å². The lowest BCUT2D eigenvalue weighted by Crippen LogP contribution is -2.11. The first-order valence-electron chi connectivity index (χ1n) is 3.20. The Labute approximate surface area is 56.9 Å². The summed E-state index contributed by atoms with van der Waals surface area (Å²) < 4.78 is 1.98. The molecule has 0 unspecified atom stereocenters. The van der Waals surface area contributed by atoms with Gasteiger partial charge in [0, 0.05) is 0 Å². The van der Waals surface area contributed by atoms with E-state index in [1.807, 2.05) is 31.2 Å². The van der Waals surface area contributed by atoms with E-state index in [-0.39, 0.29) is 0 Å². The van der Waals surface area contributed by atoms with Gasteiger partial charge in [-0.15, -0.1) is 0 Å². The molecule has 0 amide bonds. The van der Waals surface area contributed by atoms with Crippen molar-refractivity contribution in [2.75, 3.05) is 14.1 Å². The SMILES string of the molecule is CCC=C[N+](C)=CNC. The second kappa shape index (κ2) is 5.35. The Morgan fingerprint density at radius 1 is 1.56 bits per heavy atom. The molecule has 2 nitrogen and oxygen atoms in total. The molecule has 0 rings (SSSR count). The zero-order valence-electron chi connectivity index (χ0n) is 6.39. The van der Waals surface area contributed by atoms with E-state index in [9.17, 15) is 0 Å². The van der Waals surface area contributed by atoms with Gasteiger partial charge in [0.2, 0.25) is 6.34 Å². The largest absolute Gasteiger partial charge is 0.283 e. The van der Waals surface area contributed by atoms with Crippen molar-refractivity contribution >= 4 is 6.34 Å². The Kier molecular flexibility index (Phi) is 4.88. The third-order valence-electron chi connectivity index (χ3n) is 0.909. The van der Waals surface area contributed by atoms with Gasteiger partial charge in [0.25, 0.3) is 0 Å². The van der Waals surface area contributed by atoms with E-state index >= 15 is 0 Å². The summed E-state index contributed by atoms with van der Waals surface area (Å²) in [7, 11) is 3.87. The minimum Gasteiger partial charge on any atom is -0.283 e. The molecule has 0 saturated heterocycles. The van der Waals surface area contributed by atoms with Crippen LogP contribution in [0.1, 0.15) is 13.3 Å². The average Bonchev–Trinajstić information content (AvgIpc) is 1.85. The lowest BCUT2D eigenvalue weighted by molar-refractivity contribution is -0.419. The highest BCUT2D eigenvalue weighted by molar-refractivity contribution is 5.47. The fourth-order valence-electron chi connectivity index (χ4n) is 0.518. The predicted octanol–water partition coefficient (Wildman–Crippen LogP) is 0.800. The second-order valence-corrected chi connectivity index (χ2v) is 1.88. The van der Waals surface area contributed by atoms with Crippen molar-refractivity contribution in [2.24, 2.45) is 0 Å². The van der Waals surface area contributed by atoms with Crippen molar-refractivity contribution < 1.29 is 4.58 Å². The first-order chi connectivity index (χ1) is 4.31. The lowest BCUT2D eigenvalue weighted by Gasteiger charge is -1.87. The van der Waals surface area contributed by atoms with Gasteiger partial charge in [-0.3, -0.25) is 5.32 Å². The molecule has 0 saturated carbocycles. The number of nitrogens with one attached hydrogen (secondary N) is 1. The van der Waals surface area contributed by atoms with Crippen LogP contribution >= 0.6 is 0 Å². The summed E-state index contributed by atoms with van der Waals surface area (Å²) in [6.45, 7) is 2.11. The number of hydrogen-bond acceptors (Lipinski definition) is 0. The fourth-order valence-corrected chi connectivity index (χ4v) is 0.518. The number of hydrogen-bond donors (Lipinski definition) is 1. The highest BCUT2D eigenvalue weighted by Crippen LogP contribution is 1.77. The molecule has 9 heavy (non-hydrogen) atoms. The maximum atomic E-state index is 2.93. The van der Waals surface area contributed by atoms with Crippen LogP contribution in [0.3, 0.4) is 0 Å². The minimum absolute atomic E-state index is 1.09. The Bertz CT molecular complexity index is 114. The monoisotopic (exact) mass is 127 g/mol. The van der Waals surface area contributed by atoms with E-state index in [2.05, 4.69) is 18.3 Å². The van der Waals surface area contributed by atoms with Crippen LogP contribution in [0.5, 0.6) is 0 Å². The van der Waals surface area contributed by atoms with Crippen LogP contribution in [-0.2, 0) is 0 Å². The number of allylic oxidation sites excluding steroid dienone is 1. The van der Waals surface area contributed by atoms with Gasteiger partial charge in [-0.1, -0.05) is 6.92 Å². The van der Waals surface area contributed by atoms with Crippen LogP contribution in [-0.4, -0.2) is 25.0 Å². The van der Waals surface area contributed by atoms with Crippen LogP contribution in [0.4, 0.5) is 0 Å². The normalized spacial score (nSPS) is 12.6. The Morgan fingerprint density at radius 2 is 2.22 bits per heavy atom. The summed E-state index contributed by atoms with van der Waals surface area (Å²) in [5, 5.41) is 2.93. The predicted molar refractivity (Wildman–Crippen MR) is 40.7 cm³/mol. The molecule has 0 aliphatic heterocycles. The summed E-state index contributed by atoms with van der Waals surface area (Å²) in [5.74, 6) is 0. The molecular weight excluding hydrogens is 112 g/mol. The summed E-state index contributed by atoms with van der Waals surface area (Å²) in [5.41, 5.74) is 0. The van der Waals surface area contributed by atoms with Crippen molar-refractivity contribution in [3.05, 3.63) is 12.3 Å². The van der Waals surface area contributed by atoms with Crippen LogP contribution in [0.25, 0.3) is 0 Å². The van der Waals surface area contributed by atoms with E-state index in [4.69, 9.17) is 0 Å². The van der Waals surface area contributed by atoms with Gasteiger partial charge in [-0.2, -0.15) is 0 Å². The summed E-state index contributed by atoms with van der Waals surface area (Å²) in [6, 6.07) is 0. The Balaban J connectivity index is 3.60. The van der Waals surface area contributed by atoms with Crippen LogP contribution in [0.2, 0.25) is 0 Å². The Morgan fingerprint density at radius 3 is 2.67 bits per heavy atom. The molecule has 0 fully saturated rings. The second-order valence-electron chi connectivity index (χ2n) is 1.88. The zero-order chi connectivity index (χ0) is 7.11. The van der Waals surface area contributed by atoms with Crippen molar-refractivity contribution in [3.63, 3.8) is 0 Å². The quantitative estimate of drug-likeness (QED) is 0.336. The first kappa shape index (κ1) is 8.21. The van der Waals surface area contributed by atoms with Gasteiger partial charge in [0.15, 0.2) is 0 Å². The summed E-state index contributed by atoms with van der Waals surface area (Å²) >= 11 is 0. The summed E-state index contributed by atoms with van der Waals surface area (Å²) in [4.78, 5) is 0. The van der Waals surface area contributed by atoms with Gasteiger partial charge in [0.1, 0.15) is 0 Å². The third-order valence-corrected chi connectivity index (χ3v) is 0.909. The maximum Gasteiger partial charge on any atom is 0.236 e. The molecule has 0 aromatic heterocycles. The number of nitrogens with zero attached hydrogens (tertiary/aromatic N) is 1. The molecule has 0 heterocycles. The molecule has 52 valence electrons. The highest BCUT2D eigenvalue weighted by atomic mass is 15.0. The smallest absolute Gasteiger partial charge is 0.236 e. The van der Waals surface area contributed by atoms with Gasteiger partial charge < -0.3 is 0 Å². The highest BCUT2D eigenvalue weighted by Gasteiger charge is 1.78. The van der Waals surface area contributed by atoms with Gasteiger partial charge in [-0.25, -0.2) is 4.58 Å². The molecule has 2 heteroatoms. The van der Waals surface area contributed by atoms with Crippen molar-refractivity contribution in [3.8, 4) is 0 Å². The van der Waals surface area contributed by atoms with Gasteiger partial charge in [0.05, 0.1) is 20.3 Å². The topological polar surface area (TPSA) is 15.0 Å². The van der Waals surface area contributed by atoms with Crippen molar-refractivity contribution in [1.82, 2.24) is 5.32 Å². The molecule has 1 N–H and O–H groups in total. The molecular formula is C7H15N2+. The molecule has 0 radical (unpaired) electrons. The number of rotatable bonds is 3. The van der Waals surface area contributed by atoms with E-state index in [0.717, 1.165) is 6.42 Å². The van der Waals surface area contributed by atoms with E-state index in [0.29, 0.717) is 0 Å². The van der Waals surface area contributed by atoms with Crippen LogP contribution < -0.4 is 5.32 Å². The van der Waals surface area contributed by atoms with Gasteiger partial charge in [-0.05, 0) is 12.5 Å². The molecule has 0 aliphatic rings. The van der Waals surface area contributed by atoms with Crippen LogP contribution in [0.15, 0.2) is 12.3 Å². The molecule has 0 aromatic carbocycles. The molecule has 0 aliphatic carbocycles. The molecule has 0 bridgehead atoms. The van der Waals surface area contributed by atoms with E-state index < -0.39 is 0 Å². The lowest BCUT2D eigenvalue weighted by atomic mass is 10.5. The molecule has 0 atom stereocenters. The van der Waals surface area contributed by atoms with Crippen molar-refractivity contribution in [1.29, 1.82) is 0 Å². The standard InChI is InChI=1S/C7H14N2/c1-4-5-6-9(3)7-8-2/h5-7H,4H2,1-3H3/p+1. The minimum atomic E-state index is 1.09.